The Morgan fingerprint density at radius 1 is 1.25 bits per heavy atom. The minimum atomic E-state index is -4.50. The van der Waals surface area contributed by atoms with E-state index in [1.165, 1.54) is 6.07 Å². The van der Waals surface area contributed by atoms with Gasteiger partial charge in [-0.15, -0.1) is 0 Å². The highest BCUT2D eigenvalue weighted by Crippen LogP contribution is 2.32. The molecule has 0 unspecified atom stereocenters. The first-order valence-corrected chi connectivity index (χ1v) is 9.25. The molecule has 2 aromatic rings. The summed E-state index contributed by atoms with van der Waals surface area (Å²) in [6, 6.07) is 3.38. The SMILES string of the molecule is Cc1nn(CC(C)C)c(C)c1CCC(=O)Nc1cc(CN)cc(C(F)(F)F)c1. The van der Waals surface area contributed by atoms with Crippen molar-refractivity contribution in [3.8, 4) is 0 Å². The van der Waals surface area contributed by atoms with Crippen molar-refractivity contribution in [2.24, 2.45) is 11.7 Å². The van der Waals surface area contributed by atoms with Gasteiger partial charge in [0.1, 0.15) is 0 Å². The average molecular weight is 396 g/mol. The molecule has 0 atom stereocenters. The maximum absolute atomic E-state index is 13.0. The lowest BCUT2D eigenvalue weighted by molar-refractivity contribution is -0.137. The Bertz CT molecular complexity index is 841. The molecule has 28 heavy (non-hydrogen) atoms. The normalized spacial score (nSPS) is 11.9. The Morgan fingerprint density at radius 3 is 2.50 bits per heavy atom. The van der Waals surface area contributed by atoms with Gasteiger partial charge in [-0.25, -0.2) is 0 Å². The number of halogens is 3. The Hall–Kier alpha value is -2.35. The number of nitrogens with two attached hydrogens (primary N) is 1. The van der Waals surface area contributed by atoms with Crippen molar-refractivity contribution >= 4 is 11.6 Å². The van der Waals surface area contributed by atoms with Gasteiger partial charge in [0.15, 0.2) is 0 Å². The fourth-order valence-corrected chi connectivity index (χ4v) is 3.13. The third kappa shape index (κ3) is 5.58. The number of benzene rings is 1. The van der Waals surface area contributed by atoms with Gasteiger partial charge >= 0.3 is 6.18 Å². The Kier molecular flexibility index (Phi) is 6.87. The van der Waals surface area contributed by atoms with Gasteiger partial charge in [0, 0.05) is 30.9 Å². The molecule has 5 nitrogen and oxygen atoms in total. The van der Waals surface area contributed by atoms with Crippen molar-refractivity contribution in [3.05, 3.63) is 46.3 Å². The standard InChI is InChI=1S/C20H27F3N4O/c1-12(2)11-27-14(4)18(13(3)26-27)5-6-19(28)25-17-8-15(10-24)7-16(9-17)20(21,22)23/h7-9,12H,5-6,10-11,24H2,1-4H3,(H,25,28). The van der Waals surface area contributed by atoms with Crippen molar-refractivity contribution in [2.75, 3.05) is 5.32 Å². The van der Waals surface area contributed by atoms with E-state index < -0.39 is 11.7 Å². The topological polar surface area (TPSA) is 72.9 Å². The molecule has 0 aliphatic rings. The van der Waals surface area contributed by atoms with Crippen LogP contribution in [0.15, 0.2) is 18.2 Å². The number of anilines is 1. The molecule has 1 heterocycles. The number of carbonyl (C=O) groups is 1. The molecule has 0 spiro atoms. The highest BCUT2D eigenvalue weighted by molar-refractivity contribution is 5.91. The van der Waals surface area contributed by atoms with Gasteiger partial charge in [-0.2, -0.15) is 18.3 Å². The van der Waals surface area contributed by atoms with Crippen LogP contribution in [0, 0.1) is 19.8 Å². The first-order valence-electron chi connectivity index (χ1n) is 9.25. The van der Waals surface area contributed by atoms with E-state index >= 15 is 0 Å². The van der Waals surface area contributed by atoms with Crippen LogP contribution in [0.25, 0.3) is 0 Å². The molecule has 1 aromatic carbocycles. The summed E-state index contributed by atoms with van der Waals surface area (Å²) < 4.78 is 41.0. The van der Waals surface area contributed by atoms with Crippen LogP contribution >= 0.6 is 0 Å². The van der Waals surface area contributed by atoms with Crippen LogP contribution in [0.1, 0.15) is 48.3 Å². The molecule has 0 aliphatic heterocycles. The van der Waals surface area contributed by atoms with E-state index in [1.54, 1.807) is 0 Å². The maximum atomic E-state index is 13.0. The van der Waals surface area contributed by atoms with Gasteiger partial charge in [0.2, 0.25) is 5.91 Å². The molecule has 0 saturated carbocycles. The molecule has 0 aliphatic carbocycles. The monoisotopic (exact) mass is 396 g/mol. The van der Waals surface area contributed by atoms with Gasteiger partial charge in [-0.1, -0.05) is 13.8 Å². The second-order valence-corrected chi connectivity index (χ2v) is 7.39. The van der Waals surface area contributed by atoms with Gasteiger partial charge in [-0.3, -0.25) is 9.48 Å². The van der Waals surface area contributed by atoms with E-state index in [2.05, 4.69) is 24.3 Å². The van der Waals surface area contributed by atoms with Crippen molar-refractivity contribution < 1.29 is 18.0 Å². The zero-order chi connectivity index (χ0) is 21.1. The molecular formula is C20H27F3N4O. The first kappa shape index (κ1) is 21.9. The third-order valence-corrected chi connectivity index (χ3v) is 4.51. The molecule has 0 radical (unpaired) electrons. The van der Waals surface area contributed by atoms with E-state index in [0.29, 0.717) is 17.9 Å². The summed E-state index contributed by atoms with van der Waals surface area (Å²) in [6.45, 7) is 8.83. The fourth-order valence-electron chi connectivity index (χ4n) is 3.13. The van der Waals surface area contributed by atoms with Gasteiger partial charge in [0.25, 0.3) is 0 Å². The summed E-state index contributed by atoms with van der Waals surface area (Å²) in [5.41, 5.74) is 7.95. The predicted molar refractivity (Wildman–Crippen MR) is 103 cm³/mol. The Morgan fingerprint density at radius 2 is 1.93 bits per heavy atom. The van der Waals surface area contributed by atoms with Crippen LogP contribution in [0.3, 0.4) is 0 Å². The smallest absolute Gasteiger partial charge is 0.326 e. The van der Waals surface area contributed by atoms with Crippen molar-refractivity contribution in [1.82, 2.24) is 9.78 Å². The van der Waals surface area contributed by atoms with Crippen molar-refractivity contribution in [3.63, 3.8) is 0 Å². The summed E-state index contributed by atoms with van der Waals surface area (Å²) in [5, 5.41) is 7.08. The zero-order valence-electron chi connectivity index (χ0n) is 16.7. The number of nitrogens with one attached hydrogen (secondary N) is 1. The summed E-state index contributed by atoms with van der Waals surface area (Å²) in [7, 11) is 0. The Labute approximate surface area is 163 Å². The second kappa shape index (κ2) is 8.77. The molecule has 8 heteroatoms. The zero-order valence-corrected chi connectivity index (χ0v) is 16.7. The summed E-state index contributed by atoms with van der Waals surface area (Å²) in [5.74, 6) is 0.101. The molecule has 0 fully saturated rings. The number of aromatic nitrogens is 2. The molecule has 1 aromatic heterocycles. The van der Waals surface area contributed by atoms with Crippen molar-refractivity contribution in [1.29, 1.82) is 0 Å². The van der Waals surface area contributed by atoms with Gasteiger partial charge in [-0.05, 0) is 55.5 Å². The van der Waals surface area contributed by atoms with Crippen LogP contribution in [0.5, 0.6) is 0 Å². The lowest BCUT2D eigenvalue weighted by atomic mass is 10.1. The number of hydrogen-bond acceptors (Lipinski definition) is 3. The molecular weight excluding hydrogens is 369 g/mol. The Balaban J connectivity index is 2.08. The number of rotatable bonds is 7. The minimum Gasteiger partial charge on any atom is -0.326 e. The number of carbonyl (C=O) groups excluding carboxylic acids is 1. The lowest BCUT2D eigenvalue weighted by Gasteiger charge is -2.12. The second-order valence-electron chi connectivity index (χ2n) is 7.39. The first-order chi connectivity index (χ1) is 13.0. The highest BCUT2D eigenvalue weighted by Gasteiger charge is 2.31. The van der Waals surface area contributed by atoms with Crippen LogP contribution in [0.4, 0.5) is 18.9 Å². The van der Waals surface area contributed by atoms with Crippen LogP contribution < -0.4 is 11.1 Å². The molecule has 154 valence electrons. The number of hydrogen-bond donors (Lipinski definition) is 2. The molecule has 0 saturated heterocycles. The number of aryl methyl sites for hydroxylation is 1. The van der Waals surface area contributed by atoms with E-state index in [9.17, 15) is 18.0 Å². The lowest BCUT2D eigenvalue weighted by Crippen LogP contribution is -2.15. The van der Waals surface area contributed by atoms with E-state index in [0.717, 1.165) is 35.6 Å². The quantitative estimate of drug-likeness (QED) is 0.737. The van der Waals surface area contributed by atoms with Crippen LogP contribution in [-0.4, -0.2) is 15.7 Å². The highest BCUT2D eigenvalue weighted by atomic mass is 19.4. The van der Waals surface area contributed by atoms with Crippen LogP contribution in [0.2, 0.25) is 0 Å². The van der Waals surface area contributed by atoms with E-state index in [1.807, 2.05) is 18.5 Å². The van der Waals surface area contributed by atoms with Crippen molar-refractivity contribution in [2.45, 2.75) is 59.8 Å². The number of amides is 1. The molecule has 1 amide bonds. The molecule has 0 bridgehead atoms. The van der Waals surface area contributed by atoms with E-state index in [4.69, 9.17) is 5.73 Å². The summed E-state index contributed by atoms with van der Waals surface area (Å²) in [4.78, 5) is 12.3. The van der Waals surface area contributed by atoms with E-state index in [-0.39, 0.29) is 24.6 Å². The van der Waals surface area contributed by atoms with Gasteiger partial charge in [0.05, 0.1) is 11.3 Å². The minimum absolute atomic E-state index is 0.0415. The maximum Gasteiger partial charge on any atom is 0.416 e. The molecule has 3 N–H and O–H groups in total. The third-order valence-electron chi connectivity index (χ3n) is 4.51. The van der Waals surface area contributed by atoms with Gasteiger partial charge < -0.3 is 11.1 Å². The summed E-state index contributed by atoms with van der Waals surface area (Å²) >= 11 is 0. The largest absolute Gasteiger partial charge is 0.416 e. The fraction of sp³-hybridized carbons (Fsp3) is 0.500. The summed E-state index contributed by atoms with van der Waals surface area (Å²) in [6.07, 6.45) is -3.86. The predicted octanol–water partition coefficient (Wildman–Crippen LogP) is 4.20. The average Bonchev–Trinajstić information content (AvgIpc) is 2.84. The molecule has 2 rings (SSSR count). The number of alkyl halides is 3. The van der Waals surface area contributed by atoms with Crippen LogP contribution in [-0.2, 0) is 30.5 Å². The number of nitrogens with zero attached hydrogens (tertiary/aromatic N) is 2.